The fourth-order valence-electron chi connectivity index (χ4n) is 6.47. The third kappa shape index (κ3) is 11.3. The number of thioether (sulfide) groups is 1. The average molecular weight is 679 g/mol. The lowest BCUT2D eigenvalue weighted by molar-refractivity contribution is -0.126. The molecule has 1 saturated carbocycles. The van der Waals surface area contributed by atoms with Crippen LogP contribution in [0.2, 0.25) is 0 Å². The molecule has 2 saturated heterocycles. The summed E-state index contributed by atoms with van der Waals surface area (Å²) in [7, 11) is 0. The fourth-order valence-corrected chi connectivity index (χ4v) is 8.01. The molecule has 1 aliphatic carbocycles. The lowest BCUT2D eigenvalue weighted by Crippen LogP contribution is -2.51. The summed E-state index contributed by atoms with van der Waals surface area (Å²) in [6.07, 6.45) is 3.71. The number of nitrogens with one attached hydrogen (secondary N) is 3. The van der Waals surface area contributed by atoms with E-state index in [-0.39, 0.29) is 48.2 Å². The van der Waals surface area contributed by atoms with Crippen LogP contribution in [-0.2, 0) is 23.8 Å². The highest BCUT2D eigenvalue weighted by Gasteiger charge is 2.46. The second-order valence-electron chi connectivity index (χ2n) is 12.7. The van der Waals surface area contributed by atoms with Crippen LogP contribution in [0.5, 0.6) is 0 Å². The van der Waals surface area contributed by atoms with Gasteiger partial charge in [0.05, 0.1) is 50.7 Å². The molecular formula is C34H54N4O8S. The van der Waals surface area contributed by atoms with Crippen LogP contribution in [-0.4, -0.2) is 123 Å². The van der Waals surface area contributed by atoms with Gasteiger partial charge < -0.3 is 45.3 Å². The number of urea groups is 1. The van der Waals surface area contributed by atoms with Crippen molar-refractivity contribution in [3.8, 4) is 0 Å². The van der Waals surface area contributed by atoms with Gasteiger partial charge >= 0.3 is 6.03 Å². The van der Waals surface area contributed by atoms with Gasteiger partial charge in [-0.15, -0.1) is 0 Å². The van der Waals surface area contributed by atoms with Crippen LogP contribution in [0.4, 0.5) is 10.5 Å². The van der Waals surface area contributed by atoms with Gasteiger partial charge in [-0.1, -0.05) is 25.5 Å². The number of carbonyl (C=O) groups is 3. The van der Waals surface area contributed by atoms with E-state index in [0.717, 1.165) is 42.8 Å². The maximum atomic E-state index is 12.2. The molecule has 5 unspecified atom stereocenters. The molecule has 3 fully saturated rings. The molecule has 0 radical (unpaired) electrons. The number of Topliss-reactive ketones (excluding diaryl/α,β-unsaturated/α-hetero) is 1. The molecule has 3 aliphatic rings. The smallest absolute Gasteiger partial charge is 0.315 e. The Hall–Kier alpha value is -2.42. The second kappa shape index (κ2) is 19.5. The monoisotopic (exact) mass is 678 g/mol. The zero-order valence-corrected chi connectivity index (χ0v) is 28.7. The highest BCUT2D eigenvalue weighted by atomic mass is 32.2. The van der Waals surface area contributed by atoms with Crippen LogP contribution in [0.1, 0.15) is 63.9 Å². The lowest BCUT2D eigenvalue weighted by Gasteiger charge is -2.45. The molecule has 5 atom stereocenters. The molecule has 0 bridgehead atoms. The summed E-state index contributed by atoms with van der Waals surface area (Å²) in [6.45, 7) is 7.86. The van der Waals surface area contributed by atoms with Crippen molar-refractivity contribution in [2.24, 2.45) is 5.92 Å². The third-order valence-corrected chi connectivity index (χ3v) is 10.9. The lowest BCUT2D eigenvalue weighted by atomic mass is 9.67. The Bertz CT molecular complexity index is 1120. The predicted molar refractivity (Wildman–Crippen MR) is 182 cm³/mol. The zero-order valence-electron chi connectivity index (χ0n) is 27.9. The number of unbranched alkanes of at least 4 members (excludes halogenated alkanes) is 1. The summed E-state index contributed by atoms with van der Waals surface area (Å²) in [4.78, 5) is 37.9. The number of rotatable bonds is 23. The highest BCUT2D eigenvalue weighted by Crippen LogP contribution is 2.42. The van der Waals surface area contributed by atoms with E-state index in [9.17, 15) is 24.6 Å². The minimum atomic E-state index is -0.516. The number of aliphatic hydroxyl groups excluding tert-OH is 2. The van der Waals surface area contributed by atoms with E-state index in [2.05, 4.69) is 27.8 Å². The molecule has 2 heterocycles. The number of hydrogen-bond acceptors (Lipinski definition) is 10. The first-order valence-corrected chi connectivity index (χ1v) is 18.2. The molecule has 5 N–H and O–H groups in total. The van der Waals surface area contributed by atoms with E-state index >= 15 is 0 Å². The number of aliphatic hydroxyl groups is 2. The van der Waals surface area contributed by atoms with Gasteiger partial charge in [0.1, 0.15) is 12.4 Å². The Morgan fingerprint density at radius 3 is 2.43 bits per heavy atom. The van der Waals surface area contributed by atoms with Crippen LogP contribution in [0.15, 0.2) is 24.3 Å². The molecule has 12 nitrogen and oxygen atoms in total. The molecule has 1 aromatic rings. The predicted octanol–water partition coefficient (Wildman–Crippen LogP) is 2.21. The van der Waals surface area contributed by atoms with E-state index < -0.39 is 12.2 Å². The Kier molecular flexibility index (Phi) is 15.6. The van der Waals surface area contributed by atoms with Crippen molar-refractivity contribution in [1.29, 1.82) is 0 Å². The van der Waals surface area contributed by atoms with Gasteiger partial charge in [0.25, 0.3) is 0 Å². The van der Waals surface area contributed by atoms with Crippen LogP contribution in [0.25, 0.3) is 0 Å². The Balaban J connectivity index is 0.913. The maximum absolute atomic E-state index is 12.2. The number of likely N-dealkylation sites (N-methyl/N-ethyl adjacent to an activating group) is 1. The highest BCUT2D eigenvalue weighted by molar-refractivity contribution is 8.00. The maximum Gasteiger partial charge on any atom is 0.315 e. The van der Waals surface area contributed by atoms with Crippen molar-refractivity contribution in [1.82, 2.24) is 16.0 Å². The summed E-state index contributed by atoms with van der Waals surface area (Å²) < 4.78 is 16.6. The molecule has 3 amide bonds. The molecule has 264 valence electrons. The molecular weight excluding hydrogens is 624 g/mol. The van der Waals surface area contributed by atoms with E-state index in [0.29, 0.717) is 70.6 Å². The first-order valence-electron chi connectivity index (χ1n) is 17.2. The van der Waals surface area contributed by atoms with Crippen LogP contribution in [0.3, 0.4) is 0 Å². The number of fused-ring (bicyclic) bond motifs is 1. The standard InChI is InChI=1S/C34H54N4O8S/c1-3-38(25-12-10-24(11-13-25)30-32(41)23(2)33(30)42)15-18-46-21-29(40)35-14-17-45-20-19-44-16-6-8-26(39)7-4-5-9-28-31-27(22-47-28)36-34(43)37-31/h10-13,23,27-28,30-33,41-42H,3-9,14-22H2,1-2H3,(H,35,40)(H2,36,37,43). The SMILES string of the molecule is CCN(CCOCC(=O)NCCOCCOCCCC(=O)CCCCC1SCC2NC(=O)NC21)c1ccc(C2C(O)C(C)C2O)cc1. The van der Waals surface area contributed by atoms with E-state index in [4.69, 9.17) is 14.2 Å². The summed E-state index contributed by atoms with van der Waals surface area (Å²) in [5, 5.41) is 29.5. The van der Waals surface area contributed by atoms with Crippen LogP contribution >= 0.6 is 11.8 Å². The fraction of sp³-hybridized carbons (Fsp3) is 0.735. The number of nitrogens with zero attached hydrogens (tertiary/aromatic N) is 1. The van der Waals surface area contributed by atoms with E-state index in [1.807, 2.05) is 43.0 Å². The summed E-state index contributed by atoms with van der Waals surface area (Å²) in [5.74, 6) is 0.702. The van der Waals surface area contributed by atoms with Crippen molar-refractivity contribution in [3.05, 3.63) is 29.8 Å². The number of benzene rings is 1. The van der Waals surface area contributed by atoms with Crippen molar-refractivity contribution in [2.75, 3.05) is 69.9 Å². The Labute approximate surface area is 283 Å². The Morgan fingerprint density at radius 1 is 0.957 bits per heavy atom. The van der Waals surface area contributed by atoms with E-state index in [1.54, 1.807) is 0 Å². The van der Waals surface area contributed by atoms with Gasteiger partial charge in [0.2, 0.25) is 5.91 Å². The van der Waals surface area contributed by atoms with Gasteiger partial charge in [-0.05, 0) is 43.9 Å². The van der Waals surface area contributed by atoms with Crippen molar-refractivity contribution < 1.29 is 38.8 Å². The molecule has 13 heteroatoms. The van der Waals surface area contributed by atoms with Crippen molar-refractivity contribution >= 4 is 35.2 Å². The number of carbonyl (C=O) groups excluding carboxylic acids is 3. The van der Waals surface area contributed by atoms with Crippen molar-refractivity contribution in [3.63, 3.8) is 0 Å². The largest absolute Gasteiger partial charge is 0.392 e. The number of anilines is 1. The summed E-state index contributed by atoms with van der Waals surface area (Å²) in [6, 6.07) is 8.32. The normalized spacial score (nSPS) is 26.3. The third-order valence-electron chi connectivity index (χ3n) is 9.39. The van der Waals surface area contributed by atoms with Gasteiger partial charge in [0.15, 0.2) is 0 Å². The van der Waals surface area contributed by atoms with Crippen LogP contribution < -0.4 is 20.9 Å². The summed E-state index contributed by atoms with van der Waals surface area (Å²) >= 11 is 1.91. The van der Waals surface area contributed by atoms with Gasteiger partial charge in [-0.3, -0.25) is 9.59 Å². The molecule has 1 aromatic carbocycles. The number of ketones is 1. The number of amides is 3. The minimum Gasteiger partial charge on any atom is -0.392 e. The quantitative estimate of drug-likeness (QED) is 0.0859. The first-order chi connectivity index (χ1) is 22.8. The number of ether oxygens (including phenoxy) is 3. The zero-order chi connectivity index (χ0) is 33.6. The van der Waals surface area contributed by atoms with Crippen molar-refractivity contribution in [2.45, 2.75) is 87.8 Å². The van der Waals surface area contributed by atoms with Gasteiger partial charge in [0, 0.05) is 67.6 Å². The number of hydrogen-bond donors (Lipinski definition) is 5. The molecule has 47 heavy (non-hydrogen) atoms. The van der Waals surface area contributed by atoms with Gasteiger partial charge in [-0.2, -0.15) is 11.8 Å². The van der Waals surface area contributed by atoms with Crippen LogP contribution in [0, 0.1) is 5.92 Å². The molecule has 0 aromatic heterocycles. The topological polar surface area (TPSA) is 159 Å². The van der Waals surface area contributed by atoms with Gasteiger partial charge in [-0.25, -0.2) is 4.79 Å². The Morgan fingerprint density at radius 2 is 1.68 bits per heavy atom. The average Bonchev–Trinajstić information content (AvgIpc) is 3.63. The second-order valence-corrected chi connectivity index (χ2v) is 13.9. The molecule has 4 rings (SSSR count). The molecule has 2 aliphatic heterocycles. The molecule has 0 spiro atoms. The first kappa shape index (κ1) is 37.4. The minimum absolute atomic E-state index is 0.0220. The summed E-state index contributed by atoms with van der Waals surface area (Å²) in [5.41, 5.74) is 1.96. The van der Waals surface area contributed by atoms with E-state index in [1.165, 1.54) is 0 Å².